The van der Waals surface area contributed by atoms with E-state index in [1.807, 2.05) is 18.2 Å². The molecule has 27 heavy (non-hydrogen) atoms. The van der Waals surface area contributed by atoms with Gasteiger partial charge in [-0.1, -0.05) is 0 Å². The topological polar surface area (TPSA) is 80.9 Å². The number of rotatable bonds is 3. The van der Waals surface area contributed by atoms with Crippen LogP contribution in [0.25, 0.3) is 10.9 Å². The lowest BCUT2D eigenvalue weighted by Crippen LogP contribution is -2.35. The van der Waals surface area contributed by atoms with Gasteiger partial charge in [-0.25, -0.2) is 8.42 Å². The van der Waals surface area contributed by atoms with Crippen molar-refractivity contribution >= 4 is 20.9 Å². The van der Waals surface area contributed by atoms with Gasteiger partial charge in [-0.05, 0) is 35.9 Å². The summed E-state index contributed by atoms with van der Waals surface area (Å²) in [6, 6.07) is 10.5. The number of hydrogen-bond acceptors (Lipinski definition) is 5. The van der Waals surface area contributed by atoms with E-state index in [4.69, 9.17) is 14.2 Å². The van der Waals surface area contributed by atoms with Crippen LogP contribution in [0, 0.1) is 0 Å². The standard InChI is InChI=1S/C19H18N2O5S/c1-24-12-2-4-16-14(8-12)15-10-21(7-6-17(15)20-16)27(22,23)13-3-5-18-19(9-13)26-11-25-18/h2-5,8-9,20H,6-7,10-11H2,1H3. The van der Waals surface area contributed by atoms with Gasteiger partial charge in [0.1, 0.15) is 5.75 Å². The highest BCUT2D eigenvalue weighted by atomic mass is 32.2. The maximum atomic E-state index is 13.2. The summed E-state index contributed by atoms with van der Waals surface area (Å²) in [6.07, 6.45) is 0.635. The molecule has 0 unspecified atom stereocenters. The number of aromatic amines is 1. The van der Waals surface area contributed by atoms with Gasteiger partial charge >= 0.3 is 0 Å². The molecule has 1 N–H and O–H groups in total. The molecule has 0 fully saturated rings. The molecule has 140 valence electrons. The average Bonchev–Trinajstić information content (AvgIpc) is 3.30. The summed E-state index contributed by atoms with van der Waals surface area (Å²) < 4.78 is 43.8. The van der Waals surface area contributed by atoms with E-state index in [0.29, 0.717) is 31.0 Å². The van der Waals surface area contributed by atoms with E-state index in [9.17, 15) is 8.42 Å². The Balaban J connectivity index is 1.52. The van der Waals surface area contributed by atoms with Crippen LogP contribution in [-0.2, 0) is 23.0 Å². The molecule has 0 radical (unpaired) electrons. The second-order valence-corrected chi connectivity index (χ2v) is 8.54. The van der Waals surface area contributed by atoms with Gasteiger partial charge in [0.05, 0.1) is 12.0 Å². The van der Waals surface area contributed by atoms with Crippen molar-refractivity contribution in [2.45, 2.75) is 17.9 Å². The van der Waals surface area contributed by atoms with Gasteiger partial charge in [0.2, 0.25) is 16.8 Å². The minimum absolute atomic E-state index is 0.114. The molecule has 8 heteroatoms. The van der Waals surface area contributed by atoms with E-state index in [1.165, 1.54) is 10.4 Å². The number of benzene rings is 2. The van der Waals surface area contributed by atoms with Gasteiger partial charge in [-0.15, -0.1) is 0 Å². The third-order valence-corrected chi connectivity index (χ3v) is 6.97. The van der Waals surface area contributed by atoms with E-state index < -0.39 is 10.0 Å². The zero-order chi connectivity index (χ0) is 18.6. The lowest BCUT2D eigenvalue weighted by atomic mass is 10.1. The van der Waals surface area contributed by atoms with E-state index in [-0.39, 0.29) is 11.7 Å². The highest BCUT2D eigenvalue weighted by molar-refractivity contribution is 7.89. The number of methoxy groups -OCH3 is 1. The van der Waals surface area contributed by atoms with Crippen molar-refractivity contribution in [1.29, 1.82) is 0 Å². The number of aromatic nitrogens is 1. The molecule has 1 aromatic heterocycles. The minimum Gasteiger partial charge on any atom is -0.497 e. The predicted octanol–water partition coefficient (Wildman–Crippen LogP) is 2.65. The second-order valence-electron chi connectivity index (χ2n) is 6.60. The summed E-state index contributed by atoms with van der Waals surface area (Å²) in [5.41, 5.74) is 3.07. The quantitative estimate of drug-likeness (QED) is 0.749. The van der Waals surface area contributed by atoms with Crippen molar-refractivity contribution in [2.24, 2.45) is 0 Å². The second kappa shape index (κ2) is 5.90. The molecule has 3 aromatic rings. The van der Waals surface area contributed by atoms with Crippen LogP contribution in [0.4, 0.5) is 0 Å². The van der Waals surface area contributed by atoms with E-state index in [0.717, 1.165) is 27.9 Å². The Kier molecular flexibility index (Phi) is 3.60. The van der Waals surface area contributed by atoms with Gasteiger partial charge in [-0.3, -0.25) is 0 Å². The Hall–Kier alpha value is -2.71. The Morgan fingerprint density at radius 2 is 1.96 bits per heavy atom. The molecule has 2 aliphatic rings. The normalized spacial score (nSPS) is 16.5. The zero-order valence-corrected chi connectivity index (χ0v) is 15.5. The Morgan fingerprint density at radius 1 is 1.11 bits per heavy atom. The Bertz CT molecular complexity index is 1150. The predicted molar refractivity (Wildman–Crippen MR) is 98.7 cm³/mol. The molecule has 0 amide bonds. The average molecular weight is 386 g/mol. The fourth-order valence-corrected chi connectivity index (χ4v) is 5.11. The number of nitrogens with one attached hydrogen (secondary N) is 1. The van der Waals surface area contributed by atoms with Crippen LogP contribution in [-0.4, -0.2) is 38.2 Å². The first-order valence-corrected chi connectivity index (χ1v) is 10.1. The smallest absolute Gasteiger partial charge is 0.243 e. The van der Waals surface area contributed by atoms with Crippen molar-refractivity contribution in [3.63, 3.8) is 0 Å². The first-order chi connectivity index (χ1) is 13.1. The maximum Gasteiger partial charge on any atom is 0.243 e. The van der Waals surface area contributed by atoms with Crippen LogP contribution in [0.3, 0.4) is 0 Å². The van der Waals surface area contributed by atoms with E-state index >= 15 is 0 Å². The SMILES string of the molecule is COc1ccc2[nH]c3c(c2c1)CN(S(=O)(=O)c1ccc2c(c1)OCO2)CC3. The van der Waals surface area contributed by atoms with Gasteiger partial charge in [0.15, 0.2) is 11.5 Å². The monoisotopic (exact) mass is 386 g/mol. The zero-order valence-electron chi connectivity index (χ0n) is 14.7. The van der Waals surface area contributed by atoms with Crippen molar-refractivity contribution < 1.29 is 22.6 Å². The third kappa shape index (κ3) is 2.55. The molecule has 0 saturated carbocycles. The minimum atomic E-state index is -3.64. The van der Waals surface area contributed by atoms with E-state index in [1.54, 1.807) is 19.2 Å². The lowest BCUT2D eigenvalue weighted by molar-refractivity contribution is 0.174. The molecule has 5 rings (SSSR count). The molecule has 3 heterocycles. The highest BCUT2D eigenvalue weighted by Gasteiger charge is 2.31. The molecule has 0 aliphatic carbocycles. The molecule has 2 aromatic carbocycles. The van der Waals surface area contributed by atoms with Crippen molar-refractivity contribution in [3.8, 4) is 17.2 Å². The molecule has 0 bridgehead atoms. The molecule has 0 saturated heterocycles. The summed E-state index contributed by atoms with van der Waals surface area (Å²) in [7, 11) is -2.01. The summed E-state index contributed by atoms with van der Waals surface area (Å²) in [5.74, 6) is 1.78. The van der Waals surface area contributed by atoms with Crippen molar-refractivity contribution in [2.75, 3.05) is 20.4 Å². The first kappa shape index (κ1) is 16.5. The third-order valence-electron chi connectivity index (χ3n) is 5.13. The van der Waals surface area contributed by atoms with Crippen LogP contribution in [0.1, 0.15) is 11.3 Å². The lowest BCUT2D eigenvalue weighted by Gasteiger charge is -2.26. The van der Waals surface area contributed by atoms with Gasteiger partial charge < -0.3 is 19.2 Å². The number of H-pyrrole nitrogens is 1. The van der Waals surface area contributed by atoms with Crippen LogP contribution in [0.5, 0.6) is 17.2 Å². The van der Waals surface area contributed by atoms with Crippen LogP contribution in [0.15, 0.2) is 41.3 Å². The first-order valence-electron chi connectivity index (χ1n) is 8.63. The van der Waals surface area contributed by atoms with Gasteiger partial charge in [0.25, 0.3) is 0 Å². The highest BCUT2D eigenvalue weighted by Crippen LogP contribution is 2.36. The van der Waals surface area contributed by atoms with Crippen LogP contribution >= 0.6 is 0 Å². The number of nitrogens with zero attached hydrogens (tertiary/aromatic N) is 1. The maximum absolute atomic E-state index is 13.2. The summed E-state index contributed by atoms with van der Waals surface area (Å²) in [5, 5.41) is 0.995. The summed E-state index contributed by atoms with van der Waals surface area (Å²) >= 11 is 0. The summed E-state index contributed by atoms with van der Waals surface area (Å²) in [4.78, 5) is 3.61. The summed E-state index contributed by atoms with van der Waals surface area (Å²) in [6.45, 7) is 0.857. The van der Waals surface area contributed by atoms with Crippen molar-refractivity contribution in [3.05, 3.63) is 47.7 Å². The number of fused-ring (bicyclic) bond motifs is 4. The van der Waals surface area contributed by atoms with Crippen LogP contribution in [0.2, 0.25) is 0 Å². The molecule has 2 aliphatic heterocycles. The fourth-order valence-electron chi connectivity index (χ4n) is 3.69. The van der Waals surface area contributed by atoms with Crippen LogP contribution < -0.4 is 14.2 Å². The molecule has 0 spiro atoms. The molecular formula is C19H18N2O5S. The Morgan fingerprint density at radius 3 is 2.81 bits per heavy atom. The molecule has 0 atom stereocenters. The Labute approximate surface area is 156 Å². The van der Waals surface area contributed by atoms with Gasteiger partial charge in [-0.2, -0.15) is 4.31 Å². The van der Waals surface area contributed by atoms with E-state index in [2.05, 4.69) is 4.98 Å². The largest absolute Gasteiger partial charge is 0.497 e. The number of sulfonamides is 1. The fraction of sp³-hybridized carbons (Fsp3) is 0.263. The van der Waals surface area contributed by atoms with Gasteiger partial charge in [0, 0.05) is 42.2 Å². The van der Waals surface area contributed by atoms with Crippen molar-refractivity contribution in [1.82, 2.24) is 9.29 Å². The number of hydrogen-bond donors (Lipinski definition) is 1. The molecule has 7 nitrogen and oxygen atoms in total. The number of ether oxygens (including phenoxy) is 3. The molecular weight excluding hydrogens is 368 g/mol.